The molecule has 19 heavy (non-hydrogen) atoms. The highest BCUT2D eigenvalue weighted by atomic mass is 16.5. The number of rotatable bonds is 2. The average molecular weight is 256 g/mol. The molecule has 0 saturated carbocycles. The molecular weight excluding hydrogens is 244 g/mol. The van der Waals surface area contributed by atoms with Crippen molar-refractivity contribution in [3.63, 3.8) is 0 Å². The molecule has 6 heteroatoms. The molecule has 6 nitrogen and oxygen atoms in total. The molecule has 0 fully saturated rings. The van der Waals surface area contributed by atoms with E-state index >= 15 is 0 Å². The molecule has 0 aromatic carbocycles. The molecule has 0 bridgehead atoms. The molecule has 0 radical (unpaired) electrons. The predicted octanol–water partition coefficient (Wildman–Crippen LogP) is 1.44. The van der Waals surface area contributed by atoms with Crippen molar-refractivity contribution < 1.29 is 4.52 Å². The van der Waals surface area contributed by atoms with Gasteiger partial charge in [0.1, 0.15) is 5.76 Å². The van der Waals surface area contributed by atoms with Crippen LogP contribution in [0.4, 0.5) is 0 Å². The summed E-state index contributed by atoms with van der Waals surface area (Å²) in [7, 11) is 0. The second-order valence-electron chi connectivity index (χ2n) is 4.35. The van der Waals surface area contributed by atoms with Crippen molar-refractivity contribution in [1.82, 2.24) is 19.7 Å². The third kappa shape index (κ3) is 1.91. The second-order valence-corrected chi connectivity index (χ2v) is 4.35. The van der Waals surface area contributed by atoms with Crippen LogP contribution in [0, 0.1) is 13.8 Å². The van der Waals surface area contributed by atoms with Crippen LogP contribution in [0.15, 0.2) is 34.0 Å². The van der Waals surface area contributed by atoms with Crippen LogP contribution in [0.2, 0.25) is 0 Å². The van der Waals surface area contributed by atoms with Crippen LogP contribution in [0.5, 0.6) is 0 Å². The maximum atomic E-state index is 12.3. The van der Waals surface area contributed by atoms with E-state index in [0.717, 1.165) is 11.3 Å². The summed E-state index contributed by atoms with van der Waals surface area (Å²) < 4.78 is 6.61. The lowest BCUT2D eigenvalue weighted by Crippen LogP contribution is -2.22. The van der Waals surface area contributed by atoms with Gasteiger partial charge in [0.25, 0.3) is 5.56 Å². The zero-order valence-electron chi connectivity index (χ0n) is 10.6. The van der Waals surface area contributed by atoms with Crippen molar-refractivity contribution >= 4 is 11.0 Å². The van der Waals surface area contributed by atoms with Gasteiger partial charge in [0.05, 0.1) is 24.1 Å². The number of pyridine rings is 1. The topological polar surface area (TPSA) is 73.8 Å². The van der Waals surface area contributed by atoms with E-state index in [1.54, 1.807) is 18.3 Å². The highest BCUT2D eigenvalue weighted by Gasteiger charge is 2.12. The maximum absolute atomic E-state index is 12.3. The van der Waals surface area contributed by atoms with Crippen molar-refractivity contribution in [3.05, 3.63) is 52.0 Å². The molecule has 0 aliphatic heterocycles. The van der Waals surface area contributed by atoms with Gasteiger partial charge < -0.3 is 4.52 Å². The Hall–Kier alpha value is -2.50. The number of nitrogens with zero attached hydrogens (tertiary/aromatic N) is 4. The number of aromatic nitrogens is 4. The Kier molecular flexibility index (Phi) is 2.63. The molecule has 0 atom stereocenters. The van der Waals surface area contributed by atoms with E-state index in [1.807, 2.05) is 13.8 Å². The SMILES string of the molecule is Cc1noc(C)c1Cn1cnc2cccnc2c1=O. The molecule has 0 unspecified atom stereocenters. The Bertz CT molecular complexity index is 784. The number of aryl methyl sites for hydroxylation is 2. The van der Waals surface area contributed by atoms with Crippen LogP contribution in [0.1, 0.15) is 17.0 Å². The molecule has 0 amide bonds. The first-order valence-corrected chi connectivity index (χ1v) is 5.88. The Morgan fingerprint density at radius 1 is 1.32 bits per heavy atom. The molecular formula is C13H12N4O2. The highest BCUT2D eigenvalue weighted by Crippen LogP contribution is 2.13. The smallest absolute Gasteiger partial charge is 0.280 e. The molecule has 3 aromatic rings. The summed E-state index contributed by atoms with van der Waals surface area (Å²) in [6.07, 6.45) is 3.11. The van der Waals surface area contributed by atoms with Crippen LogP contribution < -0.4 is 5.56 Å². The molecule has 0 aliphatic rings. The van der Waals surface area contributed by atoms with Crippen molar-refractivity contribution in [2.45, 2.75) is 20.4 Å². The van der Waals surface area contributed by atoms with E-state index in [2.05, 4.69) is 15.1 Å². The van der Waals surface area contributed by atoms with Gasteiger partial charge in [0.15, 0.2) is 5.52 Å². The number of fused-ring (bicyclic) bond motifs is 1. The van der Waals surface area contributed by atoms with Crippen LogP contribution in [0.25, 0.3) is 11.0 Å². The molecule has 0 spiro atoms. The van der Waals surface area contributed by atoms with E-state index in [9.17, 15) is 4.79 Å². The summed E-state index contributed by atoms with van der Waals surface area (Å²) in [5.41, 5.74) is 2.49. The third-order valence-corrected chi connectivity index (χ3v) is 3.10. The third-order valence-electron chi connectivity index (χ3n) is 3.10. The second kappa shape index (κ2) is 4.31. The monoisotopic (exact) mass is 256 g/mol. The average Bonchev–Trinajstić information content (AvgIpc) is 2.74. The van der Waals surface area contributed by atoms with Crippen LogP contribution >= 0.6 is 0 Å². The molecule has 3 rings (SSSR count). The molecule has 0 saturated heterocycles. The maximum Gasteiger partial charge on any atom is 0.280 e. The lowest BCUT2D eigenvalue weighted by molar-refractivity contribution is 0.392. The minimum atomic E-state index is -0.161. The first kappa shape index (κ1) is 11.6. The van der Waals surface area contributed by atoms with Gasteiger partial charge in [-0.3, -0.25) is 9.36 Å². The predicted molar refractivity (Wildman–Crippen MR) is 68.9 cm³/mol. The lowest BCUT2D eigenvalue weighted by atomic mass is 10.2. The van der Waals surface area contributed by atoms with Crippen molar-refractivity contribution in [2.24, 2.45) is 0 Å². The van der Waals surface area contributed by atoms with Crippen LogP contribution in [-0.2, 0) is 6.54 Å². The molecule has 96 valence electrons. The first-order valence-electron chi connectivity index (χ1n) is 5.88. The Balaban J connectivity index is 2.12. The summed E-state index contributed by atoms with van der Waals surface area (Å²) in [4.78, 5) is 20.6. The lowest BCUT2D eigenvalue weighted by Gasteiger charge is -2.05. The zero-order valence-corrected chi connectivity index (χ0v) is 10.6. The standard InChI is InChI=1S/C13H12N4O2/c1-8-10(9(2)19-16-8)6-17-7-15-11-4-3-5-14-12(11)13(17)18/h3-5,7H,6H2,1-2H3. The first-order chi connectivity index (χ1) is 9.16. The Morgan fingerprint density at radius 2 is 2.16 bits per heavy atom. The van der Waals surface area contributed by atoms with Gasteiger partial charge in [-0.15, -0.1) is 0 Å². The normalized spacial score (nSPS) is 11.1. The fraction of sp³-hybridized carbons (Fsp3) is 0.231. The van der Waals surface area contributed by atoms with E-state index in [0.29, 0.717) is 23.3 Å². The van der Waals surface area contributed by atoms with Crippen molar-refractivity contribution in [3.8, 4) is 0 Å². The van der Waals surface area contributed by atoms with Crippen molar-refractivity contribution in [1.29, 1.82) is 0 Å². The summed E-state index contributed by atoms with van der Waals surface area (Å²) in [6, 6.07) is 3.53. The summed E-state index contributed by atoms with van der Waals surface area (Å²) in [5.74, 6) is 0.713. The Morgan fingerprint density at radius 3 is 2.89 bits per heavy atom. The number of hydrogen-bond donors (Lipinski definition) is 0. The van der Waals surface area contributed by atoms with Gasteiger partial charge in [-0.1, -0.05) is 5.16 Å². The fourth-order valence-corrected chi connectivity index (χ4v) is 2.00. The summed E-state index contributed by atoms with van der Waals surface area (Å²) in [5, 5.41) is 3.88. The summed E-state index contributed by atoms with van der Waals surface area (Å²) >= 11 is 0. The van der Waals surface area contributed by atoms with E-state index in [1.165, 1.54) is 10.9 Å². The van der Waals surface area contributed by atoms with Crippen LogP contribution in [-0.4, -0.2) is 19.7 Å². The molecule has 3 aromatic heterocycles. The molecule has 0 aliphatic carbocycles. The largest absolute Gasteiger partial charge is 0.361 e. The minimum absolute atomic E-state index is 0.161. The highest BCUT2D eigenvalue weighted by molar-refractivity contribution is 5.71. The Labute approximate surface area is 108 Å². The van der Waals surface area contributed by atoms with Gasteiger partial charge in [-0.05, 0) is 26.0 Å². The van der Waals surface area contributed by atoms with Gasteiger partial charge in [-0.2, -0.15) is 0 Å². The van der Waals surface area contributed by atoms with E-state index in [4.69, 9.17) is 4.52 Å². The van der Waals surface area contributed by atoms with Crippen molar-refractivity contribution in [2.75, 3.05) is 0 Å². The van der Waals surface area contributed by atoms with E-state index < -0.39 is 0 Å². The van der Waals surface area contributed by atoms with Gasteiger partial charge in [0, 0.05) is 11.8 Å². The van der Waals surface area contributed by atoms with E-state index in [-0.39, 0.29) is 5.56 Å². The fourth-order valence-electron chi connectivity index (χ4n) is 2.00. The van der Waals surface area contributed by atoms with Gasteiger partial charge in [0.2, 0.25) is 0 Å². The van der Waals surface area contributed by atoms with Gasteiger partial charge in [-0.25, -0.2) is 9.97 Å². The minimum Gasteiger partial charge on any atom is -0.361 e. The quantitative estimate of drug-likeness (QED) is 0.693. The molecule has 3 heterocycles. The van der Waals surface area contributed by atoms with Crippen LogP contribution in [0.3, 0.4) is 0 Å². The van der Waals surface area contributed by atoms with Gasteiger partial charge >= 0.3 is 0 Å². The summed E-state index contributed by atoms with van der Waals surface area (Å²) in [6.45, 7) is 4.07. The number of hydrogen-bond acceptors (Lipinski definition) is 5. The zero-order chi connectivity index (χ0) is 13.4. The molecule has 0 N–H and O–H groups in total.